The summed E-state index contributed by atoms with van der Waals surface area (Å²) >= 11 is 8.33. The third-order valence-electron chi connectivity index (χ3n) is 2.94. The van der Waals surface area contributed by atoms with E-state index < -0.39 is 5.95 Å². The van der Waals surface area contributed by atoms with Gasteiger partial charge in [0.15, 0.2) is 0 Å². The van der Waals surface area contributed by atoms with E-state index >= 15 is 0 Å². The standard InChI is InChI=1S/C13H8ClFIN3/c1-7-10(14)4-3-9-12(7)19(18-13(9)16)8-2-5-11(15)17-6-8/h2-6H,1H3. The van der Waals surface area contributed by atoms with E-state index in [1.807, 2.05) is 19.1 Å². The minimum atomic E-state index is -0.510. The van der Waals surface area contributed by atoms with Crippen LogP contribution in [-0.2, 0) is 0 Å². The molecule has 0 bridgehead atoms. The lowest BCUT2D eigenvalue weighted by Crippen LogP contribution is -1.99. The molecule has 3 rings (SSSR count). The van der Waals surface area contributed by atoms with Gasteiger partial charge < -0.3 is 0 Å². The highest BCUT2D eigenvalue weighted by molar-refractivity contribution is 14.1. The van der Waals surface area contributed by atoms with Gasteiger partial charge in [-0.25, -0.2) is 9.67 Å². The van der Waals surface area contributed by atoms with Crippen molar-refractivity contribution in [2.75, 3.05) is 0 Å². The molecule has 0 N–H and O–H groups in total. The first-order chi connectivity index (χ1) is 9.08. The Kier molecular flexibility index (Phi) is 3.18. The van der Waals surface area contributed by atoms with E-state index in [1.54, 1.807) is 10.7 Å². The molecule has 3 aromatic rings. The van der Waals surface area contributed by atoms with Gasteiger partial charge in [0.05, 0.1) is 17.4 Å². The zero-order chi connectivity index (χ0) is 13.6. The first-order valence-electron chi connectivity index (χ1n) is 5.53. The molecule has 0 spiro atoms. The van der Waals surface area contributed by atoms with Crippen molar-refractivity contribution < 1.29 is 4.39 Å². The summed E-state index contributed by atoms with van der Waals surface area (Å²) in [4.78, 5) is 3.66. The Morgan fingerprint density at radius 1 is 1.26 bits per heavy atom. The van der Waals surface area contributed by atoms with Crippen LogP contribution in [0, 0.1) is 16.6 Å². The lowest BCUT2D eigenvalue weighted by molar-refractivity contribution is 0.582. The molecule has 2 aromatic heterocycles. The summed E-state index contributed by atoms with van der Waals surface area (Å²) in [7, 11) is 0. The summed E-state index contributed by atoms with van der Waals surface area (Å²) < 4.78 is 15.5. The zero-order valence-electron chi connectivity index (χ0n) is 9.86. The number of nitrogens with zero attached hydrogens (tertiary/aromatic N) is 3. The van der Waals surface area contributed by atoms with Gasteiger partial charge >= 0.3 is 0 Å². The van der Waals surface area contributed by atoms with Crippen LogP contribution in [0.2, 0.25) is 5.02 Å². The number of fused-ring (bicyclic) bond motifs is 1. The molecule has 0 atom stereocenters. The molecule has 0 saturated carbocycles. The number of pyridine rings is 1. The minimum Gasteiger partial charge on any atom is -0.230 e. The summed E-state index contributed by atoms with van der Waals surface area (Å²) in [5, 5.41) is 6.17. The maximum Gasteiger partial charge on any atom is 0.212 e. The smallest absolute Gasteiger partial charge is 0.212 e. The Labute approximate surface area is 127 Å². The Morgan fingerprint density at radius 3 is 2.74 bits per heavy atom. The summed E-state index contributed by atoms with van der Waals surface area (Å²) in [5.41, 5.74) is 2.57. The average molecular weight is 388 g/mol. The maximum absolute atomic E-state index is 12.9. The fourth-order valence-electron chi connectivity index (χ4n) is 1.99. The van der Waals surface area contributed by atoms with Gasteiger partial charge in [-0.3, -0.25) is 0 Å². The molecule has 19 heavy (non-hydrogen) atoms. The molecular formula is C13H8ClFIN3. The lowest BCUT2D eigenvalue weighted by Gasteiger charge is -2.06. The van der Waals surface area contributed by atoms with Crippen molar-refractivity contribution in [3.8, 4) is 5.69 Å². The number of hydrogen-bond acceptors (Lipinski definition) is 2. The zero-order valence-corrected chi connectivity index (χ0v) is 12.8. The van der Waals surface area contributed by atoms with Crippen molar-refractivity contribution in [3.63, 3.8) is 0 Å². The van der Waals surface area contributed by atoms with Crippen LogP contribution in [0.5, 0.6) is 0 Å². The van der Waals surface area contributed by atoms with E-state index in [0.29, 0.717) is 10.7 Å². The van der Waals surface area contributed by atoms with E-state index in [-0.39, 0.29) is 0 Å². The third-order valence-corrected chi connectivity index (χ3v) is 4.15. The molecule has 0 amide bonds. The van der Waals surface area contributed by atoms with Gasteiger partial charge in [0.2, 0.25) is 5.95 Å². The van der Waals surface area contributed by atoms with E-state index in [0.717, 1.165) is 20.2 Å². The van der Waals surface area contributed by atoms with Crippen molar-refractivity contribution in [2.45, 2.75) is 6.92 Å². The largest absolute Gasteiger partial charge is 0.230 e. The molecule has 0 radical (unpaired) electrons. The number of rotatable bonds is 1. The topological polar surface area (TPSA) is 30.7 Å². The molecule has 0 aliphatic heterocycles. The number of halogens is 3. The van der Waals surface area contributed by atoms with Crippen LogP contribution in [-0.4, -0.2) is 14.8 Å². The molecule has 2 heterocycles. The predicted molar refractivity (Wildman–Crippen MR) is 81.3 cm³/mol. The Morgan fingerprint density at radius 2 is 2.05 bits per heavy atom. The highest BCUT2D eigenvalue weighted by Gasteiger charge is 2.14. The molecule has 0 fully saturated rings. The van der Waals surface area contributed by atoms with Crippen molar-refractivity contribution in [3.05, 3.63) is 50.7 Å². The quantitative estimate of drug-likeness (QED) is 0.464. The molecule has 0 aliphatic carbocycles. The van der Waals surface area contributed by atoms with E-state index in [1.165, 1.54) is 12.3 Å². The normalized spacial score (nSPS) is 11.2. The Hall–Kier alpha value is -1.21. The maximum atomic E-state index is 12.9. The SMILES string of the molecule is Cc1c(Cl)ccc2c(I)nn(-c3ccc(F)nc3)c12. The molecule has 3 nitrogen and oxygen atoms in total. The molecule has 0 saturated heterocycles. The Balaban J connectivity index is 2.35. The van der Waals surface area contributed by atoms with Gasteiger partial charge in [-0.1, -0.05) is 11.6 Å². The molecule has 96 valence electrons. The molecular weight excluding hydrogens is 380 g/mol. The summed E-state index contributed by atoms with van der Waals surface area (Å²) in [6.45, 7) is 1.94. The van der Waals surface area contributed by atoms with Crippen molar-refractivity contribution >= 4 is 45.1 Å². The predicted octanol–water partition coefficient (Wildman–Crippen LogP) is 4.13. The molecule has 0 aliphatic rings. The van der Waals surface area contributed by atoms with E-state index in [2.05, 4.69) is 32.7 Å². The lowest BCUT2D eigenvalue weighted by atomic mass is 10.1. The number of aromatic nitrogens is 3. The molecule has 1 aromatic carbocycles. The first kappa shape index (κ1) is 12.8. The average Bonchev–Trinajstić information content (AvgIpc) is 2.73. The molecule has 6 heteroatoms. The second-order valence-corrected chi connectivity index (χ2v) is 5.54. The van der Waals surface area contributed by atoms with Gasteiger partial charge in [0, 0.05) is 10.4 Å². The Bertz CT molecular complexity index is 768. The highest BCUT2D eigenvalue weighted by atomic mass is 127. The van der Waals surface area contributed by atoms with Gasteiger partial charge in [-0.15, -0.1) is 0 Å². The van der Waals surface area contributed by atoms with Crippen molar-refractivity contribution in [1.82, 2.24) is 14.8 Å². The minimum absolute atomic E-state index is 0.510. The highest BCUT2D eigenvalue weighted by Crippen LogP contribution is 2.30. The first-order valence-corrected chi connectivity index (χ1v) is 6.99. The van der Waals surface area contributed by atoms with E-state index in [9.17, 15) is 4.39 Å². The van der Waals surface area contributed by atoms with Crippen LogP contribution in [0.3, 0.4) is 0 Å². The second kappa shape index (κ2) is 4.72. The molecule has 0 unspecified atom stereocenters. The van der Waals surface area contributed by atoms with Gasteiger partial charge in [0.1, 0.15) is 3.70 Å². The van der Waals surface area contributed by atoms with Crippen LogP contribution < -0.4 is 0 Å². The van der Waals surface area contributed by atoms with Crippen LogP contribution in [0.15, 0.2) is 30.5 Å². The van der Waals surface area contributed by atoms with E-state index in [4.69, 9.17) is 11.6 Å². The van der Waals surface area contributed by atoms with Gasteiger partial charge in [0.25, 0.3) is 0 Å². The van der Waals surface area contributed by atoms with Gasteiger partial charge in [-0.05, 0) is 59.3 Å². The third kappa shape index (κ3) is 2.10. The van der Waals surface area contributed by atoms with Crippen LogP contribution in [0.1, 0.15) is 5.56 Å². The second-order valence-electron chi connectivity index (χ2n) is 4.11. The number of hydrogen-bond donors (Lipinski definition) is 0. The van der Waals surface area contributed by atoms with Crippen molar-refractivity contribution in [2.24, 2.45) is 0 Å². The van der Waals surface area contributed by atoms with Crippen LogP contribution in [0.25, 0.3) is 16.6 Å². The monoisotopic (exact) mass is 387 g/mol. The fraction of sp³-hybridized carbons (Fsp3) is 0.0769. The van der Waals surface area contributed by atoms with Crippen molar-refractivity contribution in [1.29, 1.82) is 0 Å². The summed E-state index contributed by atoms with van der Waals surface area (Å²) in [5.74, 6) is -0.510. The summed E-state index contributed by atoms with van der Waals surface area (Å²) in [6.07, 6.45) is 1.46. The summed E-state index contributed by atoms with van der Waals surface area (Å²) in [6, 6.07) is 6.75. The number of aryl methyl sites for hydroxylation is 1. The van der Waals surface area contributed by atoms with Crippen LogP contribution >= 0.6 is 34.2 Å². The number of benzene rings is 1. The fourth-order valence-corrected chi connectivity index (χ4v) is 2.79. The van der Waals surface area contributed by atoms with Crippen LogP contribution in [0.4, 0.5) is 4.39 Å². The van der Waals surface area contributed by atoms with Gasteiger partial charge in [-0.2, -0.15) is 9.49 Å².